The Balaban J connectivity index is 1.96. The molecule has 19 heavy (non-hydrogen) atoms. The number of nitrogens with zero attached hydrogens (tertiary/aromatic N) is 1. The van der Waals surface area contributed by atoms with Gasteiger partial charge in [-0.25, -0.2) is 4.98 Å². The zero-order valence-corrected chi connectivity index (χ0v) is 13.0. The van der Waals surface area contributed by atoms with Gasteiger partial charge in [0.05, 0.1) is 10.2 Å². The molecule has 1 aromatic heterocycles. The highest BCUT2D eigenvalue weighted by atomic mass is 79.9. The van der Waals surface area contributed by atoms with E-state index in [1.54, 1.807) is 11.3 Å². The summed E-state index contributed by atoms with van der Waals surface area (Å²) in [5.41, 5.74) is 3.31. The van der Waals surface area contributed by atoms with Gasteiger partial charge in [-0.2, -0.15) is 0 Å². The second kappa shape index (κ2) is 4.94. The summed E-state index contributed by atoms with van der Waals surface area (Å²) in [6, 6.07) is 12.1. The summed E-state index contributed by atoms with van der Waals surface area (Å²) in [7, 11) is 0. The zero-order valence-electron chi connectivity index (χ0n) is 10.6. The number of ether oxygens (including phenoxy) is 1. The molecule has 3 rings (SSSR count). The van der Waals surface area contributed by atoms with Crippen LogP contribution in [-0.4, -0.2) is 4.98 Å². The number of aromatic nitrogens is 1. The van der Waals surface area contributed by atoms with Gasteiger partial charge in [0, 0.05) is 4.47 Å². The summed E-state index contributed by atoms with van der Waals surface area (Å²) in [5.74, 6) is 0.831. The van der Waals surface area contributed by atoms with E-state index in [4.69, 9.17) is 4.74 Å². The van der Waals surface area contributed by atoms with Gasteiger partial charge in [-0.3, -0.25) is 0 Å². The fourth-order valence-corrected chi connectivity index (χ4v) is 3.02. The van der Waals surface area contributed by atoms with Crippen LogP contribution in [0.5, 0.6) is 10.9 Å². The molecule has 2 nitrogen and oxygen atoms in total. The van der Waals surface area contributed by atoms with Gasteiger partial charge in [-0.15, -0.1) is 0 Å². The highest BCUT2D eigenvalue weighted by Gasteiger charge is 2.08. The van der Waals surface area contributed by atoms with Crippen molar-refractivity contribution in [2.24, 2.45) is 0 Å². The molecule has 0 atom stereocenters. The lowest BCUT2D eigenvalue weighted by Crippen LogP contribution is -1.87. The van der Waals surface area contributed by atoms with Crippen LogP contribution in [0.3, 0.4) is 0 Å². The quantitative estimate of drug-likeness (QED) is 0.620. The number of benzene rings is 2. The number of fused-ring (bicyclic) bond motifs is 1. The molecule has 4 heteroatoms. The third-order valence-electron chi connectivity index (χ3n) is 2.89. The van der Waals surface area contributed by atoms with E-state index in [0.717, 1.165) is 31.6 Å². The van der Waals surface area contributed by atoms with Gasteiger partial charge in [0.25, 0.3) is 5.19 Å². The van der Waals surface area contributed by atoms with Crippen molar-refractivity contribution in [1.82, 2.24) is 4.98 Å². The van der Waals surface area contributed by atoms with E-state index in [1.165, 1.54) is 0 Å². The van der Waals surface area contributed by atoms with Crippen LogP contribution in [0.25, 0.3) is 10.2 Å². The minimum Gasteiger partial charge on any atom is -0.431 e. The first-order valence-electron chi connectivity index (χ1n) is 5.93. The average molecular weight is 334 g/mol. The summed E-state index contributed by atoms with van der Waals surface area (Å²) < 4.78 is 8.14. The van der Waals surface area contributed by atoms with Gasteiger partial charge in [-0.05, 0) is 49.2 Å². The van der Waals surface area contributed by atoms with E-state index >= 15 is 0 Å². The molecule has 0 aliphatic heterocycles. The minimum absolute atomic E-state index is 0.683. The Morgan fingerprint density at radius 2 is 1.79 bits per heavy atom. The number of aryl methyl sites for hydroxylation is 2. The smallest absolute Gasteiger partial charge is 0.279 e. The summed E-state index contributed by atoms with van der Waals surface area (Å²) in [6.45, 7) is 4.12. The Labute approximate surface area is 124 Å². The molecule has 1 heterocycles. The molecule has 0 unspecified atom stereocenters. The molecule has 2 aromatic carbocycles. The summed E-state index contributed by atoms with van der Waals surface area (Å²) >= 11 is 5.12. The first-order valence-corrected chi connectivity index (χ1v) is 7.54. The standard InChI is InChI=1S/C15H12BrNOS/c1-9-7-11(8-10(2)14(9)16)18-15-17-12-5-3-4-6-13(12)19-15/h3-8H,1-2H3. The maximum atomic E-state index is 5.87. The van der Waals surface area contributed by atoms with Crippen LogP contribution in [-0.2, 0) is 0 Å². The molecular formula is C15H12BrNOS. The molecule has 0 amide bonds. The van der Waals surface area contributed by atoms with E-state index in [0.29, 0.717) is 5.19 Å². The Bertz CT molecular complexity index is 695. The van der Waals surface area contributed by atoms with Crippen LogP contribution in [0.15, 0.2) is 40.9 Å². The van der Waals surface area contributed by atoms with E-state index in [9.17, 15) is 0 Å². The first kappa shape index (κ1) is 12.6. The second-order valence-corrected chi connectivity index (χ2v) is 6.21. The molecule has 3 aromatic rings. The second-order valence-electron chi connectivity index (χ2n) is 4.42. The van der Waals surface area contributed by atoms with Crippen molar-refractivity contribution in [2.75, 3.05) is 0 Å². The molecule has 0 aliphatic rings. The van der Waals surface area contributed by atoms with Crippen LogP contribution in [0.4, 0.5) is 0 Å². The molecular weight excluding hydrogens is 322 g/mol. The monoisotopic (exact) mass is 333 g/mol. The first-order chi connectivity index (χ1) is 9.13. The predicted molar refractivity (Wildman–Crippen MR) is 83.3 cm³/mol. The molecule has 96 valence electrons. The molecule has 0 N–H and O–H groups in total. The van der Waals surface area contributed by atoms with Crippen LogP contribution in [0.1, 0.15) is 11.1 Å². The molecule has 0 saturated carbocycles. The average Bonchev–Trinajstić information content (AvgIpc) is 2.78. The number of para-hydroxylation sites is 1. The van der Waals surface area contributed by atoms with E-state index in [1.807, 2.05) is 30.3 Å². The van der Waals surface area contributed by atoms with Crippen molar-refractivity contribution in [3.63, 3.8) is 0 Å². The van der Waals surface area contributed by atoms with Gasteiger partial charge in [0.15, 0.2) is 0 Å². The van der Waals surface area contributed by atoms with Crippen molar-refractivity contribution in [3.05, 3.63) is 52.0 Å². The fourth-order valence-electron chi connectivity index (χ4n) is 1.96. The van der Waals surface area contributed by atoms with Gasteiger partial charge < -0.3 is 4.74 Å². The van der Waals surface area contributed by atoms with E-state index in [-0.39, 0.29) is 0 Å². The third kappa shape index (κ3) is 2.51. The Kier molecular flexibility index (Phi) is 3.29. The van der Waals surface area contributed by atoms with Crippen LogP contribution < -0.4 is 4.74 Å². The largest absolute Gasteiger partial charge is 0.431 e. The molecule has 0 spiro atoms. The van der Waals surface area contributed by atoms with Gasteiger partial charge in [0.1, 0.15) is 5.75 Å². The predicted octanol–water partition coefficient (Wildman–Crippen LogP) is 5.47. The summed E-state index contributed by atoms with van der Waals surface area (Å²) in [4.78, 5) is 4.47. The van der Waals surface area contributed by atoms with Crippen LogP contribution in [0, 0.1) is 13.8 Å². The normalized spacial score (nSPS) is 10.9. The topological polar surface area (TPSA) is 22.1 Å². The molecule has 0 aliphatic carbocycles. The van der Waals surface area contributed by atoms with Gasteiger partial charge in [0.2, 0.25) is 0 Å². The maximum Gasteiger partial charge on any atom is 0.279 e. The van der Waals surface area contributed by atoms with Gasteiger partial charge in [-0.1, -0.05) is 39.4 Å². The van der Waals surface area contributed by atoms with Crippen LogP contribution >= 0.6 is 27.3 Å². The van der Waals surface area contributed by atoms with Crippen molar-refractivity contribution >= 4 is 37.5 Å². The number of hydrogen-bond acceptors (Lipinski definition) is 3. The lowest BCUT2D eigenvalue weighted by Gasteiger charge is -2.07. The number of rotatable bonds is 2. The van der Waals surface area contributed by atoms with Gasteiger partial charge >= 0.3 is 0 Å². The number of hydrogen-bond donors (Lipinski definition) is 0. The molecule has 0 fully saturated rings. The molecule has 0 saturated heterocycles. The van der Waals surface area contributed by atoms with Crippen molar-refractivity contribution < 1.29 is 4.74 Å². The van der Waals surface area contributed by atoms with Crippen molar-refractivity contribution in [3.8, 4) is 10.9 Å². The van der Waals surface area contributed by atoms with E-state index < -0.39 is 0 Å². The zero-order chi connectivity index (χ0) is 13.4. The highest BCUT2D eigenvalue weighted by Crippen LogP contribution is 2.33. The minimum atomic E-state index is 0.683. The third-order valence-corrected chi connectivity index (χ3v) is 5.05. The molecule has 0 radical (unpaired) electrons. The Morgan fingerprint density at radius 1 is 1.11 bits per heavy atom. The Morgan fingerprint density at radius 3 is 2.47 bits per heavy atom. The van der Waals surface area contributed by atoms with Crippen LogP contribution in [0.2, 0.25) is 0 Å². The lowest BCUT2D eigenvalue weighted by atomic mass is 10.1. The Hall–Kier alpha value is -1.39. The highest BCUT2D eigenvalue weighted by molar-refractivity contribution is 9.10. The SMILES string of the molecule is Cc1cc(Oc2nc3ccccc3s2)cc(C)c1Br. The summed E-state index contributed by atoms with van der Waals surface area (Å²) in [6.07, 6.45) is 0. The maximum absolute atomic E-state index is 5.87. The number of halogens is 1. The summed E-state index contributed by atoms with van der Waals surface area (Å²) in [5, 5.41) is 0.683. The van der Waals surface area contributed by atoms with E-state index in [2.05, 4.69) is 40.8 Å². The fraction of sp³-hybridized carbons (Fsp3) is 0.133. The number of thiazole rings is 1. The van der Waals surface area contributed by atoms with Crippen molar-refractivity contribution in [2.45, 2.75) is 13.8 Å². The van der Waals surface area contributed by atoms with Crippen molar-refractivity contribution in [1.29, 1.82) is 0 Å². The molecule has 0 bridgehead atoms. The lowest BCUT2D eigenvalue weighted by molar-refractivity contribution is 0.479.